The van der Waals surface area contributed by atoms with E-state index in [4.69, 9.17) is 11.6 Å². The van der Waals surface area contributed by atoms with Crippen molar-refractivity contribution >= 4 is 44.7 Å². The van der Waals surface area contributed by atoms with Crippen LogP contribution in [0.25, 0.3) is 21.7 Å². The normalized spacial score (nSPS) is 15.8. The fourth-order valence-corrected chi connectivity index (χ4v) is 6.15. The van der Waals surface area contributed by atoms with Gasteiger partial charge in [0.1, 0.15) is 6.07 Å². The molecule has 1 aliphatic heterocycles. The van der Waals surface area contributed by atoms with Crippen LogP contribution in [0, 0.1) is 22.7 Å². The van der Waals surface area contributed by atoms with Crippen LogP contribution in [0.4, 0.5) is 11.4 Å². The quantitative estimate of drug-likeness (QED) is 0.145. The van der Waals surface area contributed by atoms with Crippen LogP contribution in [0.1, 0.15) is 56.7 Å². The maximum atomic E-state index is 13.1. The summed E-state index contributed by atoms with van der Waals surface area (Å²) in [5.41, 5.74) is 10.3. The zero-order valence-electron chi connectivity index (χ0n) is 25.8. The highest BCUT2D eigenvalue weighted by atomic mass is 35.5. The third-order valence-corrected chi connectivity index (χ3v) is 9.24. The van der Waals surface area contributed by atoms with E-state index in [1.807, 2.05) is 50.2 Å². The molecule has 45 heavy (non-hydrogen) atoms. The van der Waals surface area contributed by atoms with Gasteiger partial charge in [-0.15, -0.1) is 5.53 Å². The van der Waals surface area contributed by atoms with Crippen LogP contribution in [0.3, 0.4) is 0 Å². The van der Waals surface area contributed by atoms with E-state index in [9.17, 15) is 15.2 Å². The molecule has 5 N–H and O–H groups in total. The third-order valence-electron chi connectivity index (χ3n) is 8.95. The second-order valence-corrected chi connectivity index (χ2v) is 13.3. The molecule has 3 heterocycles. The summed E-state index contributed by atoms with van der Waals surface area (Å²) in [6, 6.07) is 13.4. The Bertz CT molecular complexity index is 1870. The molecule has 0 spiro atoms. The molecule has 0 unspecified atom stereocenters. The predicted molar refractivity (Wildman–Crippen MR) is 179 cm³/mol. The number of hydrazine groups is 2. The molecular formula is C34H39ClN8O2. The van der Waals surface area contributed by atoms with E-state index in [2.05, 4.69) is 43.9 Å². The van der Waals surface area contributed by atoms with Crippen molar-refractivity contribution in [2.75, 3.05) is 30.3 Å². The maximum Gasteiger partial charge on any atom is 0.258 e. The molecule has 0 saturated heterocycles. The fourth-order valence-electron chi connectivity index (χ4n) is 5.88. The van der Waals surface area contributed by atoms with Gasteiger partial charge in [0.2, 0.25) is 0 Å². The molecule has 0 radical (unpaired) electrons. The Balaban J connectivity index is 1.43. The monoisotopic (exact) mass is 626 g/mol. The van der Waals surface area contributed by atoms with E-state index >= 15 is 0 Å². The van der Waals surface area contributed by atoms with Crippen molar-refractivity contribution in [3.8, 4) is 6.07 Å². The number of fused-ring (bicyclic) bond motifs is 2. The van der Waals surface area contributed by atoms with Crippen molar-refractivity contribution in [1.82, 2.24) is 25.5 Å². The molecule has 10 nitrogen and oxygen atoms in total. The SMILES string of the molecule is Cn1ccc2c([C@H](Nc3cc(Cl)c4ncc(C#N)c(NCC(C)(C)CO)c4c3)C3=CN(CCC4CCC4)NN3)cccc2c1=O. The number of pyridine rings is 2. The summed E-state index contributed by atoms with van der Waals surface area (Å²) in [5.74, 6) is 0.782. The van der Waals surface area contributed by atoms with Crippen molar-refractivity contribution in [3.63, 3.8) is 0 Å². The number of aliphatic hydroxyl groups is 1. The first-order valence-electron chi connectivity index (χ1n) is 15.4. The molecule has 4 aromatic rings. The molecule has 2 aromatic heterocycles. The molecule has 1 atom stereocenters. The minimum absolute atomic E-state index is 0.0118. The molecule has 1 fully saturated rings. The largest absolute Gasteiger partial charge is 0.396 e. The van der Waals surface area contributed by atoms with Crippen molar-refractivity contribution in [2.45, 2.75) is 45.6 Å². The van der Waals surface area contributed by atoms with E-state index in [0.717, 1.165) is 41.2 Å². The number of nitrogens with zero attached hydrogens (tertiary/aromatic N) is 4. The maximum absolute atomic E-state index is 13.1. The lowest BCUT2D eigenvalue weighted by Crippen LogP contribution is -2.38. The molecule has 6 rings (SSSR count). The summed E-state index contributed by atoms with van der Waals surface area (Å²) in [6.07, 6.45) is 10.4. The van der Waals surface area contributed by atoms with Gasteiger partial charge < -0.3 is 25.7 Å². The Labute approximate surface area is 267 Å². The van der Waals surface area contributed by atoms with Gasteiger partial charge in [0.15, 0.2) is 0 Å². The van der Waals surface area contributed by atoms with Gasteiger partial charge in [-0.05, 0) is 47.6 Å². The molecule has 0 amide bonds. The average Bonchev–Trinajstić information content (AvgIpc) is 3.48. The summed E-state index contributed by atoms with van der Waals surface area (Å²) in [6.45, 7) is 5.21. The van der Waals surface area contributed by atoms with Crippen molar-refractivity contribution in [2.24, 2.45) is 18.4 Å². The second kappa shape index (κ2) is 12.6. The van der Waals surface area contributed by atoms with Gasteiger partial charge in [0.05, 0.1) is 33.5 Å². The van der Waals surface area contributed by atoms with Gasteiger partial charge in [-0.3, -0.25) is 14.8 Å². The Kier molecular flexibility index (Phi) is 8.60. The number of halogens is 1. The summed E-state index contributed by atoms with van der Waals surface area (Å²) >= 11 is 6.83. The zero-order valence-corrected chi connectivity index (χ0v) is 26.6. The highest BCUT2D eigenvalue weighted by Gasteiger charge is 2.27. The van der Waals surface area contributed by atoms with E-state index < -0.39 is 5.41 Å². The first-order valence-corrected chi connectivity index (χ1v) is 15.8. The third kappa shape index (κ3) is 6.29. The van der Waals surface area contributed by atoms with Crippen LogP contribution in [0.15, 0.2) is 65.5 Å². The van der Waals surface area contributed by atoms with Crippen LogP contribution in [0.2, 0.25) is 5.02 Å². The fraction of sp³-hybridized carbons (Fsp3) is 0.382. The molecule has 1 saturated carbocycles. The summed E-state index contributed by atoms with van der Waals surface area (Å²) in [4.78, 5) is 17.6. The van der Waals surface area contributed by atoms with Gasteiger partial charge in [0, 0.05) is 67.2 Å². The smallest absolute Gasteiger partial charge is 0.258 e. The summed E-state index contributed by atoms with van der Waals surface area (Å²) in [7, 11) is 1.75. The zero-order chi connectivity index (χ0) is 31.7. The summed E-state index contributed by atoms with van der Waals surface area (Å²) < 4.78 is 1.58. The Morgan fingerprint density at radius 1 is 1.22 bits per heavy atom. The number of hydrogen-bond acceptors (Lipinski definition) is 9. The molecule has 1 aliphatic carbocycles. The number of nitrogens with one attached hydrogen (secondary N) is 4. The number of nitriles is 1. The Hall–Kier alpha value is -4.30. The Morgan fingerprint density at radius 3 is 2.78 bits per heavy atom. The highest BCUT2D eigenvalue weighted by Crippen LogP contribution is 2.37. The van der Waals surface area contributed by atoms with Gasteiger partial charge in [-0.2, -0.15) is 5.26 Å². The molecule has 2 aromatic carbocycles. The number of hydrogen-bond donors (Lipinski definition) is 5. The van der Waals surface area contributed by atoms with E-state index in [0.29, 0.717) is 39.1 Å². The van der Waals surface area contributed by atoms with E-state index in [1.165, 1.54) is 25.5 Å². The highest BCUT2D eigenvalue weighted by molar-refractivity contribution is 6.35. The van der Waals surface area contributed by atoms with E-state index in [1.54, 1.807) is 17.8 Å². The number of anilines is 2. The van der Waals surface area contributed by atoms with Gasteiger partial charge in [-0.1, -0.05) is 56.8 Å². The lowest BCUT2D eigenvalue weighted by atomic mass is 9.83. The number of aliphatic hydroxyl groups excluding tert-OH is 1. The predicted octanol–water partition coefficient (Wildman–Crippen LogP) is 5.55. The lowest BCUT2D eigenvalue weighted by molar-refractivity contribution is 0.171. The molecule has 0 bridgehead atoms. The van der Waals surface area contributed by atoms with Crippen molar-refractivity contribution < 1.29 is 5.11 Å². The number of rotatable bonds is 11. The topological polar surface area (TPSA) is 130 Å². The van der Waals surface area contributed by atoms with Gasteiger partial charge in [0.25, 0.3) is 5.56 Å². The molecule has 234 valence electrons. The van der Waals surface area contributed by atoms with Crippen LogP contribution in [-0.4, -0.2) is 39.4 Å². The molecule has 11 heteroatoms. The van der Waals surface area contributed by atoms with Gasteiger partial charge in [-0.25, -0.2) is 0 Å². The first kappa shape index (κ1) is 30.7. The standard InChI is InChI=1S/C34H39ClN8O2/c1-34(2,20-44)19-38-30-22(16-36)17-37-31-27(30)14-23(15-28(31)35)39-32(29-18-43(41-40-29)13-10-21-6-4-7-21)25-8-5-9-26-24(25)11-12-42(3)33(26)45/h5,8-9,11-12,14-15,17-18,21,32,39-41,44H,4,6-7,10,13,19-20H2,1-3H3,(H,37,38)/t32-/m0/s1. The van der Waals surface area contributed by atoms with Crippen molar-refractivity contribution in [1.29, 1.82) is 5.26 Å². The first-order chi connectivity index (χ1) is 21.7. The average molecular weight is 627 g/mol. The molecular weight excluding hydrogens is 588 g/mol. The van der Waals surface area contributed by atoms with E-state index in [-0.39, 0.29) is 18.2 Å². The number of benzene rings is 2. The lowest BCUT2D eigenvalue weighted by Gasteiger charge is -2.27. The van der Waals surface area contributed by atoms with Crippen LogP contribution in [0.5, 0.6) is 0 Å². The van der Waals surface area contributed by atoms with Crippen molar-refractivity contribution in [3.05, 3.63) is 87.2 Å². The second-order valence-electron chi connectivity index (χ2n) is 12.9. The van der Waals surface area contributed by atoms with Crippen LogP contribution >= 0.6 is 11.6 Å². The van der Waals surface area contributed by atoms with Crippen LogP contribution < -0.4 is 27.2 Å². The van der Waals surface area contributed by atoms with Gasteiger partial charge >= 0.3 is 0 Å². The minimum Gasteiger partial charge on any atom is -0.396 e. The minimum atomic E-state index is -0.406. The van der Waals surface area contributed by atoms with Crippen LogP contribution in [-0.2, 0) is 7.05 Å². The number of aryl methyl sites for hydroxylation is 1. The molecule has 2 aliphatic rings. The Morgan fingerprint density at radius 2 is 2.04 bits per heavy atom. The summed E-state index contributed by atoms with van der Waals surface area (Å²) in [5, 5.41) is 31.5. The number of aromatic nitrogens is 2.